The minimum absolute atomic E-state index is 0.505. The van der Waals surface area contributed by atoms with Gasteiger partial charge >= 0.3 is 5.97 Å². The summed E-state index contributed by atoms with van der Waals surface area (Å²) in [7, 11) is 1.78. The maximum absolute atomic E-state index is 10.7. The summed E-state index contributed by atoms with van der Waals surface area (Å²) in [5, 5.41) is 8.83. The van der Waals surface area contributed by atoms with E-state index in [0.717, 1.165) is 9.26 Å². The zero-order chi connectivity index (χ0) is 10.7. The Morgan fingerprint density at radius 3 is 2.36 bits per heavy atom. The second-order valence-corrected chi connectivity index (χ2v) is 4.35. The van der Waals surface area contributed by atoms with Crippen LogP contribution in [0.5, 0.6) is 0 Å². The van der Waals surface area contributed by atoms with Crippen molar-refractivity contribution in [1.82, 2.24) is 0 Å². The third kappa shape index (κ3) is 2.60. The molecule has 14 heavy (non-hydrogen) atoms. The number of hydrogen-bond acceptors (Lipinski definition) is 2. The first-order chi connectivity index (χ1) is 6.52. The maximum atomic E-state index is 10.7. The van der Waals surface area contributed by atoms with Gasteiger partial charge in [-0.15, -0.1) is 0 Å². The largest absolute Gasteiger partial charge is 0.480 e. The number of carboxylic acid groups (broad SMARTS) is 1. The van der Waals surface area contributed by atoms with E-state index in [-0.39, 0.29) is 0 Å². The molecule has 0 saturated carbocycles. The van der Waals surface area contributed by atoms with Crippen molar-refractivity contribution in [2.24, 2.45) is 0 Å². The van der Waals surface area contributed by atoms with E-state index < -0.39 is 12.0 Å². The number of anilines is 1. The summed E-state index contributed by atoms with van der Waals surface area (Å²) in [6.07, 6.45) is 0. The quantitative estimate of drug-likeness (QED) is 0.870. The summed E-state index contributed by atoms with van der Waals surface area (Å²) in [6, 6.07) is 7.25. The highest BCUT2D eigenvalue weighted by Gasteiger charge is 2.16. The van der Waals surface area contributed by atoms with Gasteiger partial charge in [-0.25, -0.2) is 4.79 Å². The van der Waals surface area contributed by atoms with E-state index in [4.69, 9.17) is 5.11 Å². The molecule has 1 aromatic carbocycles. The second-order valence-electron chi connectivity index (χ2n) is 3.10. The molecule has 0 aliphatic rings. The molecule has 0 radical (unpaired) electrons. The fraction of sp³-hybridized carbons (Fsp3) is 0.300. The van der Waals surface area contributed by atoms with Gasteiger partial charge in [0.2, 0.25) is 0 Å². The van der Waals surface area contributed by atoms with Crippen LogP contribution in [0.4, 0.5) is 5.69 Å². The Morgan fingerprint density at radius 1 is 1.43 bits per heavy atom. The normalized spacial score (nSPS) is 12.2. The van der Waals surface area contributed by atoms with Gasteiger partial charge in [-0.1, -0.05) is 0 Å². The lowest BCUT2D eigenvalue weighted by Gasteiger charge is -2.23. The van der Waals surface area contributed by atoms with Gasteiger partial charge in [0.25, 0.3) is 0 Å². The van der Waals surface area contributed by atoms with Gasteiger partial charge in [0, 0.05) is 16.3 Å². The van der Waals surface area contributed by atoms with Gasteiger partial charge in [-0.05, 0) is 53.8 Å². The van der Waals surface area contributed by atoms with Crippen LogP contribution in [-0.2, 0) is 4.79 Å². The molecule has 0 saturated heterocycles. The van der Waals surface area contributed by atoms with E-state index in [1.54, 1.807) is 18.9 Å². The van der Waals surface area contributed by atoms with Crippen LogP contribution < -0.4 is 4.90 Å². The Kier molecular flexibility index (Phi) is 3.74. The number of likely N-dealkylation sites (N-methyl/N-ethyl adjacent to an activating group) is 1. The number of halogens is 1. The minimum Gasteiger partial charge on any atom is -0.480 e. The summed E-state index contributed by atoms with van der Waals surface area (Å²) in [5.74, 6) is -0.814. The molecule has 1 rings (SSSR count). The number of hydrogen-bond donors (Lipinski definition) is 1. The van der Waals surface area contributed by atoms with Crippen LogP contribution in [0.25, 0.3) is 0 Å². The molecule has 0 aliphatic heterocycles. The Labute approximate surface area is 96.9 Å². The van der Waals surface area contributed by atoms with Crippen molar-refractivity contribution in [2.75, 3.05) is 11.9 Å². The molecule has 0 aliphatic carbocycles. The van der Waals surface area contributed by atoms with Crippen LogP contribution in [0.15, 0.2) is 24.3 Å². The summed E-state index contributed by atoms with van der Waals surface area (Å²) in [4.78, 5) is 12.5. The molecule has 3 nitrogen and oxygen atoms in total. The van der Waals surface area contributed by atoms with Crippen LogP contribution in [0.3, 0.4) is 0 Å². The smallest absolute Gasteiger partial charge is 0.326 e. The highest BCUT2D eigenvalue weighted by Crippen LogP contribution is 2.16. The maximum Gasteiger partial charge on any atom is 0.326 e. The third-order valence-corrected chi connectivity index (χ3v) is 2.89. The van der Waals surface area contributed by atoms with Crippen LogP contribution in [0.2, 0.25) is 0 Å². The molecule has 0 amide bonds. The lowest BCUT2D eigenvalue weighted by molar-refractivity contribution is -0.138. The summed E-state index contributed by atoms with van der Waals surface area (Å²) < 4.78 is 1.14. The van der Waals surface area contributed by atoms with Crippen LogP contribution in [-0.4, -0.2) is 24.2 Å². The van der Waals surface area contributed by atoms with Gasteiger partial charge in [0.1, 0.15) is 6.04 Å². The molecular formula is C10H12INO2. The summed E-state index contributed by atoms with van der Waals surface area (Å²) in [5.41, 5.74) is 0.917. The lowest BCUT2D eigenvalue weighted by Crippen LogP contribution is -2.35. The number of carbonyl (C=O) groups is 1. The zero-order valence-electron chi connectivity index (χ0n) is 8.07. The first-order valence-electron chi connectivity index (χ1n) is 4.23. The lowest BCUT2D eigenvalue weighted by atomic mass is 10.2. The predicted molar refractivity (Wildman–Crippen MR) is 64.7 cm³/mol. The van der Waals surface area contributed by atoms with Crippen molar-refractivity contribution >= 4 is 34.2 Å². The number of carboxylic acids is 1. The fourth-order valence-electron chi connectivity index (χ4n) is 1.07. The first-order valence-corrected chi connectivity index (χ1v) is 5.31. The van der Waals surface area contributed by atoms with Gasteiger partial charge in [0.05, 0.1) is 0 Å². The van der Waals surface area contributed by atoms with E-state index in [2.05, 4.69) is 22.6 Å². The second kappa shape index (κ2) is 4.63. The van der Waals surface area contributed by atoms with Gasteiger partial charge in [0.15, 0.2) is 0 Å². The van der Waals surface area contributed by atoms with Crippen molar-refractivity contribution in [1.29, 1.82) is 0 Å². The Hall–Kier alpha value is -0.780. The molecule has 1 N–H and O–H groups in total. The molecule has 1 aromatic rings. The van der Waals surface area contributed by atoms with Crippen molar-refractivity contribution < 1.29 is 9.90 Å². The van der Waals surface area contributed by atoms with Crippen LogP contribution in [0, 0.1) is 3.57 Å². The van der Waals surface area contributed by atoms with Crippen molar-refractivity contribution in [2.45, 2.75) is 13.0 Å². The molecular weight excluding hydrogens is 293 g/mol. The fourth-order valence-corrected chi connectivity index (χ4v) is 1.43. The Balaban J connectivity index is 2.84. The van der Waals surface area contributed by atoms with Crippen LogP contribution >= 0.6 is 22.6 Å². The van der Waals surface area contributed by atoms with E-state index in [9.17, 15) is 4.79 Å². The molecule has 0 aromatic heterocycles. The highest BCUT2D eigenvalue weighted by molar-refractivity contribution is 14.1. The van der Waals surface area contributed by atoms with Crippen LogP contribution in [0.1, 0.15) is 6.92 Å². The molecule has 76 valence electrons. The predicted octanol–water partition coefficient (Wildman–Crippen LogP) is 2.20. The average Bonchev–Trinajstić information content (AvgIpc) is 2.16. The summed E-state index contributed by atoms with van der Waals surface area (Å²) in [6.45, 7) is 1.67. The van der Waals surface area contributed by atoms with Crippen molar-refractivity contribution in [3.8, 4) is 0 Å². The van der Waals surface area contributed by atoms with Gasteiger partial charge in [-0.2, -0.15) is 0 Å². The number of aliphatic carboxylic acids is 1. The molecule has 4 heteroatoms. The van der Waals surface area contributed by atoms with E-state index in [0.29, 0.717) is 0 Å². The molecule has 0 fully saturated rings. The van der Waals surface area contributed by atoms with E-state index in [1.807, 2.05) is 24.3 Å². The average molecular weight is 305 g/mol. The summed E-state index contributed by atoms with van der Waals surface area (Å²) >= 11 is 2.22. The third-order valence-electron chi connectivity index (χ3n) is 2.17. The van der Waals surface area contributed by atoms with E-state index in [1.165, 1.54) is 0 Å². The van der Waals surface area contributed by atoms with Gasteiger partial charge < -0.3 is 10.0 Å². The van der Waals surface area contributed by atoms with Gasteiger partial charge in [-0.3, -0.25) is 0 Å². The number of nitrogens with zero attached hydrogens (tertiary/aromatic N) is 1. The highest BCUT2D eigenvalue weighted by atomic mass is 127. The minimum atomic E-state index is -0.814. The van der Waals surface area contributed by atoms with E-state index >= 15 is 0 Å². The standard InChI is InChI=1S/C10H12INO2/c1-7(10(13)14)12(2)9-5-3-8(11)4-6-9/h3-7H,1-2H3,(H,13,14)/t7-/m1/s1. The SMILES string of the molecule is C[C@H](C(=O)O)N(C)c1ccc(I)cc1. The molecule has 0 unspecified atom stereocenters. The zero-order valence-corrected chi connectivity index (χ0v) is 10.2. The first kappa shape index (κ1) is 11.3. The van der Waals surface area contributed by atoms with Crippen molar-refractivity contribution in [3.63, 3.8) is 0 Å². The molecule has 0 spiro atoms. The topological polar surface area (TPSA) is 40.5 Å². The molecule has 0 heterocycles. The number of rotatable bonds is 3. The Morgan fingerprint density at radius 2 is 1.93 bits per heavy atom. The molecule has 0 bridgehead atoms. The monoisotopic (exact) mass is 305 g/mol. The number of benzene rings is 1. The van der Waals surface area contributed by atoms with Crippen molar-refractivity contribution in [3.05, 3.63) is 27.8 Å². The molecule has 1 atom stereocenters. The Bertz CT molecular complexity index is 323.